The smallest absolute Gasteiger partial charge is 0.306 e. The van der Waals surface area contributed by atoms with Crippen LogP contribution in [0.1, 0.15) is 35.5 Å². The van der Waals surface area contributed by atoms with Crippen LogP contribution in [0.4, 0.5) is 0 Å². The molecule has 0 saturated carbocycles. The van der Waals surface area contributed by atoms with Gasteiger partial charge in [0.2, 0.25) is 11.7 Å². The van der Waals surface area contributed by atoms with Gasteiger partial charge in [-0.15, -0.1) is 0 Å². The number of esters is 1. The Balaban J connectivity index is 1.35. The average molecular weight is 365 g/mol. The van der Waals surface area contributed by atoms with Crippen LogP contribution < -0.4 is 0 Å². The van der Waals surface area contributed by atoms with Crippen molar-refractivity contribution >= 4 is 11.8 Å². The van der Waals surface area contributed by atoms with Gasteiger partial charge in [0, 0.05) is 36.4 Å². The number of Topliss-reactive ketones (excluding diaryl/α,β-unsaturated/α-hetero) is 1. The molecule has 2 heterocycles. The second-order valence-corrected chi connectivity index (χ2v) is 5.87. The number of rotatable bonds is 9. The Bertz CT molecular complexity index is 879. The first-order chi connectivity index (χ1) is 13.2. The van der Waals surface area contributed by atoms with Crippen molar-refractivity contribution < 1.29 is 18.8 Å². The number of ketones is 1. The summed E-state index contributed by atoms with van der Waals surface area (Å²) in [5.74, 6) is 0.501. The van der Waals surface area contributed by atoms with Crippen LogP contribution in [-0.4, -0.2) is 33.5 Å². The average Bonchev–Trinajstić information content (AvgIpc) is 3.20. The van der Waals surface area contributed by atoms with Gasteiger partial charge < -0.3 is 9.26 Å². The van der Waals surface area contributed by atoms with Gasteiger partial charge in [-0.25, -0.2) is 0 Å². The summed E-state index contributed by atoms with van der Waals surface area (Å²) in [6, 6.07) is 12.5. The molecule has 0 unspecified atom stereocenters. The van der Waals surface area contributed by atoms with Gasteiger partial charge in [0.05, 0.1) is 13.0 Å². The SMILES string of the molecule is O=C(CCC(=O)c1ccccc1)OCCCc1nc(-c2cccnc2)no1. The lowest BCUT2D eigenvalue weighted by atomic mass is 10.1. The van der Waals surface area contributed by atoms with Gasteiger partial charge >= 0.3 is 5.97 Å². The van der Waals surface area contributed by atoms with Gasteiger partial charge in [0.1, 0.15) is 0 Å². The lowest BCUT2D eigenvalue weighted by Crippen LogP contribution is -2.09. The minimum absolute atomic E-state index is 0.0682. The second-order valence-electron chi connectivity index (χ2n) is 5.87. The molecule has 0 fully saturated rings. The molecule has 2 aromatic heterocycles. The predicted molar refractivity (Wildman–Crippen MR) is 96.8 cm³/mol. The lowest BCUT2D eigenvalue weighted by molar-refractivity contribution is -0.143. The molecule has 0 aliphatic carbocycles. The molecule has 0 N–H and O–H groups in total. The fourth-order valence-electron chi connectivity index (χ4n) is 2.43. The summed E-state index contributed by atoms with van der Waals surface area (Å²) in [4.78, 5) is 32.0. The number of hydrogen-bond acceptors (Lipinski definition) is 7. The summed E-state index contributed by atoms with van der Waals surface area (Å²) in [7, 11) is 0. The molecule has 0 spiro atoms. The highest BCUT2D eigenvalue weighted by Gasteiger charge is 2.11. The maximum absolute atomic E-state index is 11.9. The Kier molecular flexibility index (Phi) is 6.40. The first-order valence-electron chi connectivity index (χ1n) is 8.69. The monoisotopic (exact) mass is 365 g/mol. The van der Waals surface area contributed by atoms with Crippen LogP contribution in [0.25, 0.3) is 11.4 Å². The van der Waals surface area contributed by atoms with E-state index in [1.54, 1.807) is 42.7 Å². The molecule has 0 aliphatic heterocycles. The third kappa shape index (κ3) is 5.57. The molecule has 0 bridgehead atoms. The summed E-state index contributed by atoms with van der Waals surface area (Å²) in [5.41, 5.74) is 1.38. The van der Waals surface area contributed by atoms with Crippen molar-refractivity contribution in [3.63, 3.8) is 0 Å². The number of aryl methyl sites for hydroxylation is 1. The molecule has 0 aliphatic rings. The van der Waals surface area contributed by atoms with Crippen molar-refractivity contribution in [3.8, 4) is 11.4 Å². The Morgan fingerprint density at radius 3 is 2.67 bits per heavy atom. The molecule has 0 radical (unpaired) electrons. The van der Waals surface area contributed by atoms with Crippen molar-refractivity contribution in [1.29, 1.82) is 0 Å². The number of pyridine rings is 1. The molecular formula is C20H19N3O4. The van der Waals surface area contributed by atoms with E-state index < -0.39 is 0 Å². The fourth-order valence-corrected chi connectivity index (χ4v) is 2.43. The molecule has 7 heteroatoms. The van der Waals surface area contributed by atoms with Crippen molar-refractivity contribution in [2.45, 2.75) is 25.7 Å². The van der Waals surface area contributed by atoms with Gasteiger partial charge in [0.15, 0.2) is 5.78 Å². The van der Waals surface area contributed by atoms with E-state index in [9.17, 15) is 9.59 Å². The molecule has 0 amide bonds. The standard InChI is InChI=1S/C20H19N3O4/c24-17(15-6-2-1-3-7-15)10-11-19(25)26-13-5-9-18-22-20(23-27-18)16-8-4-12-21-14-16/h1-4,6-8,12,14H,5,9-11,13H2. The van der Waals surface area contributed by atoms with Crippen molar-refractivity contribution in [2.75, 3.05) is 6.61 Å². The number of hydrogen-bond donors (Lipinski definition) is 0. The zero-order valence-corrected chi connectivity index (χ0v) is 14.7. The number of benzene rings is 1. The van der Waals surface area contributed by atoms with Gasteiger partial charge in [-0.1, -0.05) is 35.5 Å². The number of carbonyl (C=O) groups excluding carboxylic acids is 2. The van der Waals surface area contributed by atoms with Crippen LogP contribution in [0.15, 0.2) is 59.4 Å². The number of ether oxygens (including phenoxy) is 1. The summed E-state index contributed by atoms with van der Waals surface area (Å²) in [5, 5.41) is 3.91. The molecule has 3 rings (SSSR count). The highest BCUT2D eigenvalue weighted by molar-refractivity contribution is 5.97. The Hall–Kier alpha value is -3.35. The van der Waals surface area contributed by atoms with E-state index in [4.69, 9.17) is 9.26 Å². The lowest BCUT2D eigenvalue weighted by Gasteiger charge is -2.03. The number of nitrogens with zero attached hydrogens (tertiary/aromatic N) is 3. The quantitative estimate of drug-likeness (QED) is 0.326. The van der Waals surface area contributed by atoms with Gasteiger partial charge in [-0.05, 0) is 18.6 Å². The van der Waals surface area contributed by atoms with Crippen LogP contribution in [0.2, 0.25) is 0 Å². The highest BCUT2D eigenvalue weighted by Crippen LogP contribution is 2.14. The fraction of sp³-hybridized carbons (Fsp3) is 0.250. The van der Waals surface area contributed by atoms with Crippen LogP contribution >= 0.6 is 0 Å². The molecule has 1 aromatic carbocycles. The molecular weight excluding hydrogens is 346 g/mol. The van der Waals surface area contributed by atoms with Crippen LogP contribution in [0.3, 0.4) is 0 Å². The molecule has 3 aromatic rings. The summed E-state index contributed by atoms with van der Waals surface area (Å²) in [6.45, 7) is 0.239. The van der Waals surface area contributed by atoms with E-state index in [1.807, 2.05) is 12.1 Å². The zero-order valence-electron chi connectivity index (χ0n) is 14.7. The maximum Gasteiger partial charge on any atom is 0.306 e. The third-order valence-electron chi connectivity index (χ3n) is 3.84. The number of carbonyl (C=O) groups is 2. The predicted octanol–water partition coefficient (Wildman–Crippen LogP) is 3.27. The molecule has 7 nitrogen and oxygen atoms in total. The van der Waals surface area contributed by atoms with Crippen molar-refractivity contribution in [2.24, 2.45) is 0 Å². The van der Waals surface area contributed by atoms with Gasteiger partial charge in [0.25, 0.3) is 0 Å². The van der Waals surface area contributed by atoms with E-state index >= 15 is 0 Å². The first kappa shape index (κ1) is 18.4. The van der Waals surface area contributed by atoms with E-state index in [1.165, 1.54) is 0 Å². The summed E-state index contributed by atoms with van der Waals surface area (Å²) in [6.07, 6.45) is 4.61. The van der Waals surface area contributed by atoms with E-state index in [2.05, 4.69) is 15.1 Å². The van der Waals surface area contributed by atoms with Crippen molar-refractivity contribution in [3.05, 3.63) is 66.3 Å². The number of aromatic nitrogens is 3. The topological polar surface area (TPSA) is 95.2 Å². The highest BCUT2D eigenvalue weighted by atomic mass is 16.5. The summed E-state index contributed by atoms with van der Waals surface area (Å²) >= 11 is 0. The van der Waals surface area contributed by atoms with Crippen LogP contribution in [0, 0.1) is 0 Å². The molecule has 0 saturated heterocycles. The van der Waals surface area contributed by atoms with Gasteiger partial charge in [-0.2, -0.15) is 4.98 Å². The van der Waals surface area contributed by atoms with E-state index in [0.717, 1.165) is 5.56 Å². The van der Waals surface area contributed by atoms with E-state index in [0.29, 0.717) is 30.1 Å². The van der Waals surface area contributed by atoms with Crippen molar-refractivity contribution in [1.82, 2.24) is 15.1 Å². The minimum atomic E-state index is -0.388. The maximum atomic E-state index is 11.9. The normalized spacial score (nSPS) is 10.5. The Morgan fingerprint density at radius 1 is 1.04 bits per heavy atom. The Morgan fingerprint density at radius 2 is 1.89 bits per heavy atom. The Labute approximate surface area is 156 Å². The minimum Gasteiger partial charge on any atom is -0.466 e. The molecule has 138 valence electrons. The van der Waals surface area contributed by atoms with Crippen LogP contribution in [0.5, 0.6) is 0 Å². The largest absolute Gasteiger partial charge is 0.466 e. The second kappa shape index (κ2) is 9.38. The third-order valence-corrected chi connectivity index (χ3v) is 3.84. The van der Waals surface area contributed by atoms with Gasteiger partial charge in [-0.3, -0.25) is 14.6 Å². The summed E-state index contributed by atoms with van der Waals surface area (Å²) < 4.78 is 10.3. The molecule has 27 heavy (non-hydrogen) atoms. The molecule has 0 atom stereocenters. The van der Waals surface area contributed by atoms with Crippen LogP contribution in [-0.2, 0) is 16.0 Å². The first-order valence-corrected chi connectivity index (χ1v) is 8.69. The van der Waals surface area contributed by atoms with E-state index in [-0.39, 0.29) is 31.2 Å². The zero-order chi connectivity index (χ0) is 18.9.